The van der Waals surface area contributed by atoms with Crippen molar-refractivity contribution in [3.05, 3.63) is 56.9 Å². The first-order valence-electron chi connectivity index (χ1n) is 11.3. The van der Waals surface area contributed by atoms with Gasteiger partial charge in [0, 0.05) is 17.7 Å². The summed E-state index contributed by atoms with van der Waals surface area (Å²) in [6.07, 6.45) is 5.89. The molecule has 0 amide bonds. The van der Waals surface area contributed by atoms with Crippen LogP contribution in [0.2, 0.25) is 0 Å². The second-order valence-corrected chi connectivity index (χ2v) is 10.1. The van der Waals surface area contributed by atoms with Crippen molar-refractivity contribution in [3.63, 3.8) is 0 Å². The molecule has 1 aromatic rings. The lowest BCUT2D eigenvalue weighted by molar-refractivity contribution is -0.153. The molecule has 174 valence electrons. The predicted molar refractivity (Wildman–Crippen MR) is 118 cm³/mol. The van der Waals surface area contributed by atoms with Gasteiger partial charge in [-0.15, -0.1) is 0 Å². The Morgan fingerprint density at radius 1 is 1.31 bits per heavy atom. The fourth-order valence-electron chi connectivity index (χ4n) is 6.57. The van der Waals surface area contributed by atoms with E-state index in [4.69, 9.17) is 4.74 Å². The number of fused-ring (bicyclic) bond motifs is 1. The molecule has 1 aromatic heterocycles. The van der Waals surface area contributed by atoms with Crippen LogP contribution in [0, 0.1) is 22.7 Å². The number of aromatic amines is 1. The minimum atomic E-state index is -0.623. The van der Waals surface area contributed by atoms with Crippen molar-refractivity contribution in [1.82, 2.24) is 9.55 Å². The molecule has 3 N–H and O–H groups in total. The molecule has 6 atom stereocenters. The Bertz CT molecular complexity index is 1070. The molecule has 1 aliphatic heterocycles. The summed E-state index contributed by atoms with van der Waals surface area (Å²) in [7, 11) is 0. The van der Waals surface area contributed by atoms with Gasteiger partial charge in [-0.05, 0) is 55.4 Å². The standard InChI is InChI=1S/C24H32N2O6/c1-14-4-5-18-23(2,9-6-19(28)24(18,3)13-27)16(14)12-17(15-8-11-32-21(15)30)26-10-7-20(29)25-22(26)31/h7-8,10,16-19,27-28H,1,4-6,9,11-13H2,2-3H3,(H,25,29,31). The zero-order valence-corrected chi connectivity index (χ0v) is 18.7. The molecule has 8 nitrogen and oxygen atoms in total. The number of ether oxygens (including phenoxy) is 1. The van der Waals surface area contributed by atoms with Crippen LogP contribution in [0.15, 0.2) is 45.7 Å². The zero-order valence-electron chi connectivity index (χ0n) is 18.7. The number of cyclic esters (lactones) is 1. The van der Waals surface area contributed by atoms with Crippen molar-refractivity contribution in [2.45, 2.75) is 58.1 Å². The number of aliphatic hydroxyl groups is 2. The smallest absolute Gasteiger partial charge is 0.336 e. The van der Waals surface area contributed by atoms with Crippen LogP contribution in [-0.4, -0.2) is 45.1 Å². The quantitative estimate of drug-likeness (QED) is 0.469. The van der Waals surface area contributed by atoms with Gasteiger partial charge in [-0.25, -0.2) is 9.59 Å². The fourth-order valence-corrected chi connectivity index (χ4v) is 6.57. The molecule has 8 heteroatoms. The number of aliphatic hydroxyl groups excluding tert-OH is 2. The number of H-pyrrole nitrogens is 1. The van der Waals surface area contributed by atoms with Gasteiger partial charge >= 0.3 is 11.7 Å². The summed E-state index contributed by atoms with van der Waals surface area (Å²) in [5.74, 6) is -0.440. The lowest BCUT2D eigenvalue weighted by atomic mass is 9.46. The summed E-state index contributed by atoms with van der Waals surface area (Å²) >= 11 is 0. The first-order valence-corrected chi connectivity index (χ1v) is 11.3. The Balaban J connectivity index is 1.77. The summed E-state index contributed by atoms with van der Waals surface area (Å²) in [4.78, 5) is 39.1. The van der Waals surface area contributed by atoms with Gasteiger partial charge in [0.1, 0.15) is 6.61 Å². The van der Waals surface area contributed by atoms with Gasteiger partial charge in [0.25, 0.3) is 5.56 Å². The molecule has 32 heavy (non-hydrogen) atoms. The van der Waals surface area contributed by atoms with Crippen molar-refractivity contribution in [1.29, 1.82) is 0 Å². The van der Waals surface area contributed by atoms with Crippen molar-refractivity contribution < 1.29 is 19.7 Å². The molecule has 4 rings (SSSR count). The van der Waals surface area contributed by atoms with E-state index in [-0.39, 0.29) is 30.5 Å². The number of carbonyl (C=O) groups excluding carboxylic acids is 1. The topological polar surface area (TPSA) is 122 Å². The van der Waals surface area contributed by atoms with E-state index in [1.54, 1.807) is 6.08 Å². The molecule has 6 unspecified atom stereocenters. The van der Waals surface area contributed by atoms with E-state index in [2.05, 4.69) is 18.5 Å². The van der Waals surface area contributed by atoms with Gasteiger partial charge in [-0.3, -0.25) is 14.3 Å². The maximum atomic E-state index is 12.7. The third-order valence-corrected chi connectivity index (χ3v) is 8.45. The minimum Gasteiger partial charge on any atom is -0.458 e. The number of nitrogens with one attached hydrogen (secondary N) is 1. The maximum Gasteiger partial charge on any atom is 0.336 e. The van der Waals surface area contributed by atoms with E-state index in [1.165, 1.54) is 16.8 Å². The van der Waals surface area contributed by atoms with E-state index in [1.807, 2.05) is 6.92 Å². The lowest BCUT2D eigenvalue weighted by Crippen LogP contribution is -2.57. The molecule has 0 bridgehead atoms. The highest BCUT2D eigenvalue weighted by molar-refractivity contribution is 5.91. The molecule has 0 spiro atoms. The van der Waals surface area contributed by atoms with Crippen molar-refractivity contribution >= 4 is 5.97 Å². The van der Waals surface area contributed by atoms with Crippen molar-refractivity contribution in [2.24, 2.45) is 22.7 Å². The van der Waals surface area contributed by atoms with E-state index in [0.29, 0.717) is 18.4 Å². The van der Waals surface area contributed by atoms with Gasteiger partial charge in [0.15, 0.2) is 0 Å². The number of nitrogens with zero attached hydrogens (tertiary/aromatic N) is 1. The fraction of sp³-hybridized carbons (Fsp3) is 0.625. The number of rotatable bonds is 5. The van der Waals surface area contributed by atoms with E-state index >= 15 is 0 Å². The first-order chi connectivity index (χ1) is 15.1. The second kappa shape index (κ2) is 8.15. The number of hydrogen-bond donors (Lipinski definition) is 3. The molecule has 2 heterocycles. The Labute approximate surface area is 186 Å². The molecule has 3 aliphatic rings. The summed E-state index contributed by atoms with van der Waals surface area (Å²) in [5.41, 5.74) is -0.512. The summed E-state index contributed by atoms with van der Waals surface area (Å²) < 4.78 is 6.53. The molecule has 2 saturated carbocycles. The van der Waals surface area contributed by atoms with Gasteiger partial charge in [0.05, 0.1) is 24.3 Å². The number of hydrogen-bond acceptors (Lipinski definition) is 6. The number of allylic oxidation sites excluding steroid dienone is 1. The van der Waals surface area contributed by atoms with Crippen molar-refractivity contribution in [3.8, 4) is 0 Å². The van der Waals surface area contributed by atoms with Gasteiger partial charge < -0.3 is 14.9 Å². The van der Waals surface area contributed by atoms with E-state index in [0.717, 1.165) is 24.8 Å². The Morgan fingerprint density at radius 2 is 2.06 bits per heavy atom. The summed E-state index contributed by atoms with van der Waals surface area (Å²) in [6.45, 7) is 8.53. The molecule has 0 aromatic carbocycles. The van der Waals surface area contributed by atoms with Gasteiger partial charge in [-0.2, -0.15) is 0 Å². The van der Waals surface area contributed by atoms with Crippen LogP contribution in [0.5, 0.6) is 0 Å². The van der Waals surface area contributed by atoms with Crippen LogP contribution < -0.4 is 11.2 Å². The van der Waals surface area contributed by atoms with Crippen LogP contribution in [0.3, 0.4) is 0 Å². The summed E-state index contributed by atoms with van der Waals surface area (Å²) in [6, 6.07) is 0.661. The zero-order chi connectivity index (χ0) is 23.3. The van der Waals surface area contributed by atoms with E-state index in [9.17, 15) is 24.6 Å². The number of carbonyl (C=O) groups is 1. The molecule has 0 radical (unpaired) electrons. The highest BCUT2D eigenvalue weighted by Gasteiger charge is 2.58. The highest BCUT2D eigenvalue weighted by Crippen LogP contribution is 2.62. The van der Waals surface area contributed by atoms with Crippen LogP contribution >= 0.6 is 0 Å². The van der Waals surface area contributed by atoms with Crippen LogP contribution in [0.4, 0.5) is 0 Å². The van der Waals surface area contributed by atoms with Crippen LogP contribution in [-0.2, 0) is 9.53 Å². The number of esters is 1. The molecule has 2 fully saturated rings. The summed E-state index contributed by atoms with van der Waals surface area (Å²) in [5, 5.41) is 21.0. The predicted octanol–water partition coefficient (Wildman–Crippen LogP) is 1.69. The average molecular weight is 445 g/mol. The number of aromatic nitrogens is 2. The SMILES string of the molecule is C=C1CCC2C(C)(CO)C(O)CCC2(C)C1CC(C1=CCOC1=O)n1ccc(=O)[nH]c1=O. The van der Waals surface area contributed by atoms with Crippen LogP contribution in [0.1, 0.15) is 52.0 Å². The highest BCUT2D eigenvalue weighted by atomic mass is 16.5. The lowest BCUT2D eigenvalue weighted by Gasteiger charge is -2.60. The third kappa shape index (κ3) is 3.49. The monoisotopic (exact) mass is 444 g/mol. The second-order valence-electron chi connectivity index (χ2n) is 10.1. The largest absolute Gasteiger partial charge is 0.458 e. The third-order valence-electron chi connectivity index (χ3n) is 8.45. The average Bonchev–Trinajstić information content (AvgIpc) is 3.17. The maximum absolute atomic E-state index is 12.7. The minimum absolute atomic E-state index is 0.0437. The Kier molecular flexibility index (Phi) is 5.79. The van der Waals surface area contributed by atoms with Gasteiger partial charge in [-0.1, -0.05) is 26.0 Å². The Morgan fingerprint density at radius 3 is 2.69 bits per heavy atom. The molecule has 2 aliphatic carbocycles. The molecule has 0 saturated heterocycles. The molecular weight excluding hydrogens is 412 g/mol. The van der Waals surface area contributed by atoms with E-state index < -0.39 is 34.8 Å². The Hall–Kier alpha value is -2.45. The normalized spacial score (nSPS) is 35.8. The molecular formula is C24H32N2O6. The first kappa shape index (κ1) is 22.7. The van der Waals surface area contributed by atoms with Crippen molar-refractivity contribution in [2.75, 3.05) is 13.2 Å². The van der Waals surface area contributed by atoms with Crippen LogP contribution in [0.25, 0.3) is 0 Å². The van der Waals surface area contributed by atoms with Gasteiger partial charge in [0.2, 0.25) is 0 Å².